The topological polar surface area (TPSA) is 223 Å². The maximum atomic E-state index is 13.2. The number of rotatable bonds is 7. The molecule has 9 N–H and O–H groups in total. The van der Waals surface area contributed by atoms with Crippen LogP contribution in [0.25, 0.3) is 0 Å². The summed E-state index contributed by atoms with van der Waals surface area (Å²) in [6, 6.07) is 2.78. The summed E-state index contributed by atoms with van der Waals surface area (Å²) in [5.74, 6) is -0.500. The monoisotopic (exact) mass is 510 g/mol. The van der Waals surface area contributed by atoms with Gasteiger partial charge in [-0.3, -0.25) is 0 Å². The number of hydrogen-bond donors (Lipinski definition) is 7. The van der Waals surface area contributed by atoms with Gasteiger partial charge in [0.25, 0.3) is 0 Å². The van der Waals surface area contributed by atoms with Crippen molar-refractivity contribution >= 4 is 11.6 Å². The highest BCUT2D eigenvalue weighted by molar-refractivity contribution is 5.18. The molecule has 0 saturated carbocycles. The van der Waals surface area contributed by atoms with Crippen LogP contribution >= 0.6 is 0 Å². The van der Waals surface area contributed by atoms with Crippen LogP contribution in [0.2, 0.25) is 0 Å². The number of nitrogens with zero attached hydrogens (tertiary/aromatic N) is 4. The van der Waals surface area contributed by atoms with E-state index >= 15 is 0 Å². The molecule has 36 heavy (non-hydrogen) atoms. The summed E-state index contributed by atoms with van der Waals surface area (Å²) in [5.41, 5.74) is 10.5. The minimum absolute atomic E-state index is 0.0416. The standard InChI is InChI=1S/C21H29N6O9/c1-10-15(30)11(8-28)35-18(10)26-4-2-13(22)24(20(26)33)6-7-25-14(23)3-5-27(21(25)34)19-17(32)16(31)12(9-29)36-19/h2-5,10-12,15-19,22,28-32H,6,8-9H2,1H3,(H2,23,34)/q-1/p+1/t10-,11-,12-,15+,16-,17-,18-,19-/m1/s1. The van der Waals surface area contributed by atoms with Crippen LogP contribution in [0, 0.1) is 12.5 Å². The van der Waals surface area contributed by atoms with Crippen molar-refractivity contribution in [1.29, 1.82) is 0 Å². The summed E-state index contributed by atoms with van der Waals surface area (Å²) >= 11 is 0. The maximum absolute atomic E-state index is 13.2. The van der Waals surface area contributed by atoms with Gasteiger partial charge in [0.1, 0.15) is 24.4 Å². The first kappa shape index (κ1) is 26.0. The number of nitrogen functional groups attached to an aromatic ring is 2. The summed E-state index contributed by atoms with van der Waals surface area (Å²) in [4.78, 5) is 26.3. The van der Waals surface area contributed by atoms with Crippen molar-refractivity contribution in [2.75, 3.05) is 24.7 Å². The Balaban J connectivity index is 1.61. The van der Waals surface area contributed by atoms with Crippen LogP contribution in [0.1, 0.15) is 19.4 Å². The van der Waals surface area contributed by atoms with Crippen molar-refractivity contribution in [3.63, 3.8) is 0 Å². The molecule has 0 aromatic carbocycles. The molecule has 4 heterocycles. The fourth-order valence-electron chi connectivity index (χ4n) is 4.40. The van der Waals surface area contributed by atoms with Gasteiger partial charge in [0.2, 0.25) is 11.5 Å². The third kappa shape index (κ3) is 4.34. The van der Waals surface area contributed by atoms with Gasteiger partial charge >= 0.3 is 5.69 Å². The first-order valence-corrected chi connectivity index (χ1v) is 11.2. The van der Waals surface area contributed by atoms with Crippen LogP contribution in [-0.2, 0) is 16.0 Å². The molecule has 0 spiro atoms. The lowest BCUT2D eigenvalue weighted by atomic mass is 10.0. The molecule has 198 valence electrons. The molecule has 2 aliphatic heterocycles. The number of aromatic nitrogens is 4. The van der Waals surface area contributed by atoms with Crippen LogP contribution in [0.15, 0.2) is 34.1 Å². The van der Waals surface area contributed by atoms with Gasteiger partial charge in [-0.15, -0.1) is 0 Å². The Morgan fingerprint density at radius 3 is 2.03 bits per heavy atom. The van der Waals surface area contributed by atoms with Gasteiger partial charge in [-0.25, -0.2) is 13.9 Å². The van der Waals surface area contributed by atoms with E-state index in [9.17, 15) is 35.1 Å². The lowest BCUT2D eigenvalue weighted by molar-refractivity contribution is -0.740. The van der Waals surface area contributed by atoms with Gasteiger partial charge in [0.15, 0.2) is 12.5 Å². The van der Waals surface area contributed by atoms with Crippen LogP contribution in [0.3, 0.4) is 0 Å². The zero-order valence-corrected chi connectivity index (χ0v) is 19.4. The second-order valence-electron chi connectivity index (χ2n) is 8.77. The van der Waals surface area contributed by atoms with E-state index in [2.05, 4.69) is 6.54 Å². The molecule has 8 atom stereocenters. The van der Waals surface area contributed by atoms with Gasteiger partial charge in [-0.05, 0) is 0 Å². The van der Waals surface area contributed by atoms with Crippen LogP contribution in [-0.4, -0.2) is 78.4 Å². The van der Waals surface area contributed by atoms with E-state index in [-0.39, 0.29) is 18.2 Å². The minimum Gasteiger partial charge on any atom is -0.503 e. The Kier molecular flexibility index (Phi) is 7.33. The smallest absolute Gasteiger partial charge is 0.443 e. The number of ether oxygens (including phenoxy) is 2. The van der Waals surface area contributed by atoms with Crippen molar-refractivity contribution < 1.29 is 44.1 Å². The van der Waals surface area contributed by atoms with Crippen molar-refractivity contribution in [2.24, 2.45) is 5.92 Å². The van der Waals surface area contributed by atoms with Crippen LogP contribution < -0.4 is 32.0 Å². The zero-order chi connectivity index (χ0) is 26.3. The Bertz CT molecular complexity index is 1130. The van der Waals surface area contributed by atoms with E-state index in [1.807, 2.05) is 0 Å². The first-order valence-electron chi connectivity index (χ1n) is 11.2. The average molecular weight is 511 g/mol. The second-order valence-corrected chi connectivity index (χ2v) is 8.77. The number of anilines is 2. The van der Waals surface area contributed by atoms with E-state index < -0.39 is 73.5 Å². The molecular weight excluding hydrogens is 480 g/mol. The van der Waals surface area contributed by atoms with E-state index in [0.29, 0.717) is 0 Å². The number of aliphatic hydroxyl groups excluding tert-OH is 5. The SMILES string of the molecule is C[C@@H]1[C@H](O)[C@@H](CO)O[C@H]1n1ccc(N)[n+](C[C-2][n+]2c(N)ccn([C@@H]3O[C@H](CO)[C@@H](O)[C@H]3O)c2=O)c1=O. The van der Waals surface area contributed by atoms with Crippen LogP contribution in [0.4, 0.5) is 11.6 Å². The fraction of sp³-hybridized carbons (Fsp3) is 0.571. The van der Waals surface area contributed by atoms with Crippen molar-refractivity contribution in [1.82, 2.24) is 9.13 Å². The van der Waals surface area contributed by atoms with Crippen molar-refractivity contribution in [2.45, 2.75) is 56.4 Å². The molecule has 0 unspecified atom stereocenters. The number of aliphatic hydroxyl groups is 5. The van der Waals surface area contributed by atoms with Gasteiger partial charge in [-0.1, -0.05) is 13.0 Å². The molecule has 0 bridgehead atoms. The second kappa shape index (κ2) is 10.1. The molecule has 2 saturated heterocycles. The minimum atomic E-state index is -1.49. The van der Waals surface area contributed by atoms with E-state index in [4.69, 9.17) is 20.9 Å². The zero-order valence-electron chi connectivity index (χ0n) is 19.4. The third-order valence-electron chi connectivity index (χ3n) is 6.56. The Morgan fingerprint density at radius 2 is 1.44 bits per heavy atom. The quantitative estimate of drug-likeness (QED) is 0.174. The largest absolute Gasteiger partial charge is 0.503 e. The van der Waals surface area contributed by atoms with E-state index in [0.717, 1.165) is 13.7 Å². The highest BCUT2D eigenvalue weighted by Gasteiger charge is 2.45. The molecule has 2 aromatic heterocycles. The molecule has 4 rings (SSSR count). The predicted octanol–water partition coefficient (Wildman–Crippen LogP) is -5.17. The van der Waals surface area contributed by atoms with Crippen molar-refractivity contribution in [3.05, 3.63) is 52.0 Å². The normalized spacial score (nSPS) is 32.2. The maximum Gasteiger partial charge on any atom is 0.443 e. The van der Waals surface area contributed by atoms with E-state index in [1.165, 1.54) is 29.1 Å². The van der Waals surface area contributed by atoms with Gasteiger partial charge < -0.3 is 60.4 Å². The summed E-state index contributed by atoms with van der Waals surface area (Å²) in [5, 5.41) is 49.2. The van der Waals surface area contributed by atoms with Crippen molar-refractivity contribution in [3.8, 4) is 0 Å². The highest BCUT2D eigenvalue weighted by atomic mass is 16.6. The fourth-order valence-corrected chi connectivity index (χ4v) is 4.40. The molecule has 2 fully saturated rings. The lowest BCUT2D eigenvalue weighted by Gasteiger charge is -2.27. The predicted molar refractivity (Wildman–Crippen MR) is 118 cm³/mol. The molecule has 0 radical (unpaired) electrons. The summed E-state index contributed by atoms with van der Waals surface area (Å²) in [7, 11) is 0. The molecule has 2 aromatic rings. The Hall–Kier alpha value is -3.05. The molecule has 0 aliphatic carbocycles. The highest BCUT2D eigenvalue weighted by Crippen LogP contribution is 2.33. The number of nitrogens with two attached hydrogens (primary N) is 2. The number of hydrogen-bond acceptors (Lipinski definition) is 11. The summed E-state index contributed by atoms with van der Waals surface area (Å²) < 4.78 is 15.3. The lowest BCUT2D eigenvalue weighted by Crippen LogP contribution is -2.62. The molecule has 15 nitrogen and oxygen atoms in total. The third-order valence-corrected chi connectivity index (χ3v) is 6.56. The molecule has 0 amide bonds. The molecule has 2 aliphatic rings. The average Bonchev–Trinajstić information content (AvgIpc) is 3.30. The Morgan fingerprint density at radius 1 is 0.889 bits per heavy atom. The van der Waals surface area contributed by atoms with E-state index in [1.54, 1.807) is 6.92 Å². The summed E-state index contributed by atoms with van der Waals surface area (Å²) in [6.45, 7) is 3.08. The van der Waals surface area contributed by atoms with Gasteiger partial charge in [0, 0.05) is 30.5 Å². The molecule has 15 heteroatoms. The van der Waals surface area contributed by atoms with Gasteiger partial charge in [-0.2, -0.15) is 6.54 Å². The van der Waals surface area contributed by atoms with Gasteiger partial charge in [0.05, 0.1) is 25.5 Å². The van der Waals surface area contributed by atoms with Crippen LogP contribution in [0.5, 0.6) is 0 Å². The molecular formula is C21H30N6O9. The first-order chi connectivity index (χ1) is 17.1. The summed E-state index contributed by atoms with van der Waals surface area (Å²) in [6.07, 6.45) is -5.31. The Labute approximate surface area is 204 Å².